The summed E-state index contributed by atoms with van der Waals surface area (Å²) in [7, 11) is 0. The maximum absolute atomic E-state index is 13.6. The maximum Gasteiger partial charge on any atom is 0.197 e. The molecule has 1 aromatic carbocycles. The summed E-state index contributed by atoms with van der Waals surface area (Å²) >= 11 is 0. The molecule has 176 valence electrons. The van der Waals surface area contributed by atoms with Crippen molar-refractivity contribution in [1.82, 2.24) is 14.9 Å². The van der Waals surface area contributed by atoms with E-state index in [0.29, 0.717) is 22.7 Å². The van der Waals surface area contributed by atoms with Gasteiger partial charge in [-0.25, -0.2) is 4.98 Å². The van der Waals surface area contributed by atoms with Crippen LogP contribution in [0.5, 0.6) is 0 Å². The minimum atomic E-state index is -0.377. The van der Waals surface area contributed by atoms with Crippen LogP contribution in [-0.4, -0.2) is 52.9 Å². The van der Waals surface area contributed by atoms with Gasteiger partial charge in [0.25, 0.3) is 0 Å². The molecule has 0 amide bonds. The van der Waals surface area contributed by atoms with Crippen LogP contribution in [-0.2, 0) is 5.41 Å². The highest BCUT2D eigenvalue weighted by atomic mass is 16.1. The van der Waals surface area contributed by atoms with Gasteiger partial charge in [0.05, 0.1) is 17.2 Å². The van der Waals surface area contributed by atoms with E-state index in [0.717, 1.165) is 54.2 Å². The van der Waals surface area contributed by atoms with Crippen LogP contribution in [0.1, 0.15) is 79.7 Å². The minimum Gasteiger partial charge on any atom is -0.357 e. The number of H-pyrrole nitrogens is 1. The summed E-state index contributed by atoms with van der Waals surface area (Å²) in [6.45, 7) is 12.9. The van der Waals surface area contributed by atoms with Crippen LogP contribution in [0.25, 0.3) is 10.9 Å². The highest BCUT2D eigenvalue weighted by Crippen LogP contribution is 2.44. The number of nitrogens with zero attached hydrogens (tertiary/aromatic N) is 4. The summed E-state index contributed by atoms with van der Waals surface area (Å²) in [5.74, 6) is 0.962. The van der Waals surface area contributed by atoms with Crippen LogP contribution in [0.15, 0.2) is 30.5 Å². The molecule has 3 aromatic rings. The van der Waals surface area contributed by atoms with Gasteiger partial charge in [-0.3, -0.25) is 9.69 Å². The first-order valence-corrected chi connectivity index (χ1v) is 12.5. The molecule has 1 saturated heterocycles. The largest absolute Gasteiger partial charge is 0.357 e. The Labute approximate surface area is 201 Å². The zero-order valence-corrected chi connectivity index (χ0v) is 20.6. The first-order valence-electron chi connectivity index (χ1n) is 12.5. The number of piperazine rings is 1. The number of fused-ring (bicyclic) bond motifs is 4. The molecular formula is C28H33N5O. The zero-order chi connectivity index (χ0) is 24.0. The number of pyridine rings is 1. The molecule has 6 heteroatoms. The van der Waals surface area contributed by atoms with E-state index in [9.17, 15) is 10.1 Å². The quantitative estimate of drug-likeness (QED) is 0.586. The van der Waals surface area contributed by atoms with Gasteiger partial charge in [0.1, 0.15) is 5.82 Å². The number of aromatic amines is 1. The molecule has 1 atom stereocenters. The third kappa shape index (κ3) is 3.50. The Bertz CT molecular complexity index is 1290. The molecular weight excluding hydrogens is 422 g/mol. The van der Waals surface area contributed by atoms with Crippen LogP contribution < -0.4 is 4.90 Å². The highest BCUT2D eigenvalue weighted by Gasteiger charge is 2.40. The lowest BCUT2D eigenvalue weighted by Crippen LogP contribution is -2.50. The maximum atomic E-state index is 13.6. The first kappa shape index (κ1) is 22.6. The van der Waals surface area contributed by atoms with Gasteiger partial charge in [-0.05, 0) is 36.6 Å². The number of hydrogen-bond donors (Lipinski definition) is 1. The second kappa shape index (κ2) is 8.56. The minimum absolute atomic E-state index is 0.00880. The van der Waals surface area contributed by atoms with Crippen LogP contribution >= 0.6 is 0 Å². The van der Waals surface area contributed by atoms with Gasteiger partial charge in [0, 0.05) is 66.0 Å². The third-order valence-electron chi connectivity index (χ3n) is 7.84. The van der Waals surface area contributed by atoms with Crippen molar-refractivity contribution in [2.45, 2.75) is 58.4 Å². The van der Waals surface area contributed by atoms with E-state index in [-0.39, 0.29) is 11.2 Å². The van der Waals surface area contributed by atoms with Gasteiger partial charge in [-0.2, -0.15) is 5.26 Å². The lowest BCUT2D eigenvalue weighted by atomic mass is 9.72. The van der Waals surface area contributed by atoms with Gasteiger partial charge in [0.2, 0.25) is 0 Å². The summed E-state index contributed by atoms with van der Waals surface area (Å²) < 4.78 is 0. The van der Waals surface area contributed by atoms with Gasteiger partial charge in [-0.1, -0.05) is 40.2 Å². The number of carbonyl (C=O) groups is 1. The van der Waals surface area contributed by atoms with Gasteiger partial charge in [0.15, 0.2) is 5.78 Å². The van der Waals surface area contributed by atoms with Crippen molar-refractivity contribution in [2.75, 3.05) is 31.1 Å². The Morgan fingerprint density at radius 3 is 2.62 bits per heavy atom. The van der Waals surface area contributed by atoms with E-state index in [1.807, 2.05) is 12.1 Å². The van der Waals surface area contributed by atoms with E-state index in [2.05, 4.69) is 54.6 Å². The molecule has 1 unspecified atom stereocenters. The summed E-state index contributed by atoms with van der Waals surface area (Å²) in [6, 6.07) is 10.5. The fourth-order valence-electron chi connectivity index (χ4n) is 5.85. The number of rotatable bonds is 5. The molecule has 1 fully saturated rings. The molecule has 2 aliphatic rings. The SMILES string of the molecule is CCCC(CC)N1CCN(c2cc3c(cn2)C(=O)c2c([nH]c4cc(C#N)ccc24)C3(C)C)CC1. The topological polar surface area (TPSA) is 76.0 Å². The second-order valence-electron chi connectivity index (χ2n) is 10.2. The van der Waals surface area contributed by atoms with Gasteiger partial charge >= 0.3 is 0 Å². The molecule has 0 bridgehead atoms. The Hall–Kier alpha value is -3.17. The molecule has 1 N–H and O–H groups in total. The van der Waals surface area contributed by atoms with Crippen molar-refractivity contribution in [3.63, 3.8) is 0 Å². The monoisotopic (exact) mass is 455 g/mol. The Balaban J connectivity index is 1.47. The molecule has 0 radical (unpaired) electrons. The molecule has 1 aliphatic heterocycles. The third-order valence-corrected chi connectivity index (χ3v) is 7.84. The van der Waals surface area contributed by atoms with Crippen molar-refractivity contribution < 1.29 is 4.79 Å². The fourth-order valence-corrected chi connectivity index (χ4v) is 5.85. The standard InChI is InChI=1S/C28H33N5O/c1-5-7-19(6-2)32-10-12-33(13-11-32)24-15-22-21(17-30-24)26(34)25-20-9-8-18(16-29)14-23(20)31-27(25)28(22,3)4/h8-9,14-15,17,19,31H,5-7,10-13H2,1-4H3. The number of nitrogens with one attached hydrogen (secondary N) is 1. The Morgan fingerprint density at radius 2 is 1.94 bits per heavy atom. The average Bonchev–Trinajstić information content (AvgIpc) is 3.26. The number of carbonyl (C=O) groups excluding carboxylic acids is 1. The van der Waals surface area contributed by atoms with Crippen LogP contribution in [0.3, 0.4) is 0 Å². The predicted molar refractivity (Wildman–Crippen MR) is 136 cm³/mol. The lowest BCUT2D eigenvalue weighted by molar-refractivity contribution is 0.103. The van der Waals surface area contributed by atoms with E-state index in [1.165, 1.54) is 19.3 Å². The van der Waals surface area contributed by atoms with Crippen molar-refractivity contribution in [3.8, 4) is 6.07 Å². The smallest absolute Gasteiger partial charge is 0.197 e. The molecule has 34 heavy (non-hydrogen) atoms. The zero-order valence-electron chi connectivity index (χ0n) is 20.6. The van der Waals surface area contributed by atoms with E-state index >= 15 is 0 Å². The summed E-state index contributed by atoms with van der Waals surface area (Å²) in [5.41, 5.74) is 4.37. The molecule has 5 rings (SSSR count). The summed E-state index contributed by atoms with van der Waals surface area (Å²) in [5, 5.41) is 10.2. The number of ketones is 1. The van der Waals surface area contributed by atoms with Crippen molar-refractivity contribution in [2.24, 2.45) is 0 Å². The van der Waals surface area contributed by atoms with E-state index in [1.54, 1.807) is 12.3 Å². The van der Waals surface area contributed by atoms with E-state index in [4.69, 9.17) is 4.98 Å². The van der Waals surface area contributed by atoms with Crippen LogP contribution in [0, 0.1) is 11.3 Å². The summed E-state index contributed by atoms with van der Waals surface area (Å²) in [6.07, 6.45) is 5.46. The second-order valence-corrected chi connectivity index (χ2v) is 10.2. The summed E-state index contributed by atoms with van der Waals surface area (Å²) in [4.78, 5) is 26.8. The molecule has 3 heterocycles. The van der Waals surface area contributed by atoms with Crippen molar-refractivity contribution >= 4 is 22.5 Å². The van der Waals surface area contributed by atoms with Gasteiger partial charge in [-0.15, -0.1) is 0 Å². The number of anilines is 1. The van der Waals surface area contributed by atoms with Crippen molar-refractivity contribution in [1.29, 1.82) is 5.26 Å². The lowest BCUT2D eigenvalue weighted by Gasteiger charge is -2.40. The van der Waals surface area contributed by atoms with Crippen LogP contribution in [0.2, 0.25) is 0 Å². The fraction of sp³-hybridized carbons (Fsp3) is 0.464. The molecule has 1 aliphatic carbocycles. The average molecular weight is 456 g/mol. The Morgan fingerprint density at radius 1 is 1.18 bits per heavy atom. The number of aromatic nitrogens is 2. The van der Waals surface area contributed by atoms with Gasteiger partial charge < -0.3 is 9.88 Å². The number of hydrogen-bond acceptors (Lipinski definition) is 5. The molecule has 0 spiro atoms. The van der Waals surface area contributed by atoms with E-state index < -0.39 is 0 Å². The normalized spacial score (nSPS) is 18.4. The first-order chi connectivity index (χ1) is 16.4. The number of nitriles is 1. The van der Waals surface area contributed by atoms with Crippen LogP contribution in [0.4, 0.5) is 5.82 Å². The predicted octanol–water partition coefficient (Wildman–Crippen LogP) is 5.01. The molecule has 2 aromatic heterocycles. The number of benzene rings is 1. The Kier molecular flexibility index (Phi) is 5.69. The molecule has 0 saturated carbocycles. The highest BCUT2D eigenvalue weighted by molar-refractivity contribution is 6.20. The van der Waals surface area contributed by atoms with Crippen molar-refractivity contribution in [3.05, 3.63) is 58.4 Å². The molecule has 6 nitrogen and oxygen atoms in total.